The molecule has 3 aromatic rings. The highest BCUT2D eigenvalue weighted by Crippen LogP contribution is 2.34. The van der Waals surface area contributed by atoms with Crippen LogP contribution in [0.25, 0.3) is 5.57 Å². The predicted molar refractivity (Wildman–Crippen MR) is 114 cm³/mol. The van der Waals surface area contributed by atoms with Crippen molar-refractivity contribution in [3.63, 3.8) is 0 Å². The standard InChI is InChI=1S/C21H17FN6O3/c1-12(14-6-4-5-7-16(14)24-2)20-13(10-23)11-25-21(27-20)26-17-9-18(28(29)30)15(22)8-19(17)31-3/h4-9,11,24H,1H2,2-3H3,(H,25,26,27). The van der Waals surface area contributed by atoms with Gasteiger partial charge in [0.15, 0.2) is 0 Å². The number of nitrogens with zero attached hydrogens (tertiary/aromatic N) is 4. The molecule has 9 nitrogen and oxygen atoms in total. The minimum Gasteiger partial charge on any atom is -0.494 e. The number of nitro benzene ring substituents is 1. The summed E-state index contributed by atoms with van der Waals surface area (Å²) in [5, 5.41) is 26.4. The average molecular weight is 420 g/mol. The van der Waals surface area contributed by atoms with Crippen molar-refractivity contribution < 1.29 is 14.1 Å². The van der Waals surface area contributed by atoms with Gasteiger partial charge in [0.1, 0.15) is 11.8 Å². The number of hydrogen-bond donors (Lipinski definition) is 2. The lowest BCUT2D eigenvalue weighted by atomic mass is 9.99. The second-order valence-electron chi connectivity index (χ2n) is 6.23. The highest BCUT2D eigenvalue weighted by molar-refractivity contribution is 5.85. The molecule has 0 bridgehead atoms. The molecule has 3 rings (SSSR count). The third-order valence-corrected chi connectivity index (χ3v) is 4.43. The van der Waals surface area contributed by atoms with Gasteiger partial charge < -0.3 is 15.4 Å². The van der Waals surface area contributed by atoms with E-state index in [4.69, 9.17) is 4.74 Å². The summed E-state index contributed by atoms with van der Waals surface area (Å²) < 4.78 is 19.0. The normalized spacial score (nSPS) is 10.1. The molecule has 10 heteroatoms. The Labute approximate surface area is 177 Å². The molecule has 1 aromatic heterocycles. The molecule has 0 aliphatic carbocycles. The first-order valence-corrected chi connectivity index (χ1v) is 8.92. The summed E-state index contributed by atoms with van der Waals surface area (Å²) in [6.07, 6.45) is 1.31. The maximum atomic E-state index is 13.9. The fraction of sp³-hybridized carbons (Fsp3) is 0.0952. The lowest BCUT2D eigenvalue weighted by molar-refractivity contribution is -0.387. The van der Waals surface area contributed by atoms with E-state index in [0.29, 0.717) is 5.57 Å². The van der Waals surface area contributed by atoms with Crippen LogP contribution < -0.4 is 15.4 Å². The molecule has 0 unspecified atom stereocenters. The van der Waals surface area contributed by atoms with Gasteiger partial charge in [0.2, 0.25) is 11.8 Å². The Bertz CT molecular complexity index is 1220. The molecule has 0 fully saturated rings. The van der Waals surface area contributed by atoms with Gasteiger partial charge >= 0.3 is 5.69 Å². The summed E-state index contributed by atoms with van der Waals surface area (Å²) in [6, 6.07) is 11.3. The van der Waals surface area contributed by atoms with Crippen LogP contribution in [-0.4, -0.2) is 29.0 Å². The largest absolute Gasteiger partial charge is 0.494 e. The topological polar surface area (TPSA) is 126 Å². The van der Waals surface area contributed by atoms with Gasteiger partial charge in [-0.25, -0.2) is 9.97 Å². The molecule has 156 valence electrons. The molecule has 0 spiro atoms. The van der Waals surface area contributed by atoms with Gasteiger partial charge in [-0.1, -0.05) is 24.8 Å². The first-order valence-electron chi connectivity index (χ1n) is 8.92. The molecule has 1 heterocycles. The van der Waals surface area contributed by atoms with E-state index in [0.717, 1.165) is 23.4 Å². The SMILES string of the molecule is C=C(c1ccccc1NC)c1nc(Nc2cc([N+](=O)[O-])c(F)cc2OC)ncc1C#N. The zero-order valence-electron chi connectivity index (χ0n) is 16.6. The molecule has 0 aliphatic heterocycles. The van der Waals surface area contributed by atoms with Gasteiger partial charge in [0, 0.05) is 36.0 Å². The molecule has 31 heavy (non-hydrogen) atoms. The van der Waals surface area contributed by atoms with Gasteiger partial charge in [-0.05, 0) is 6.07 Å². The van der Waals surface area contributed by atoms with Crippen LogP contribution in [0.5, 0.6) is 5.75 Å². The summed E-state index contributed by atoms with van der Waals surface area (Å²) in [4.78, 5) is 18.7. The number of nitro groups is 1. The van der Waals surface area contributed by atoms with E-state index in [1.54, 1.807) is 7.05 Å². The van der Waals surface area contributed by atoms with E-state index in [1.807, 2.05) is 30.3 Å². The van der Waals surface area contributed by atoms with E-state index in [2.05, 4.69) is 27.2 Å². The number of nitriles is 1. The fourth-order valence-electron chi connectivity index (χ4n) is 2.92. The zero-order chi connectivity index (χ0) is 22.5. The number of methoxy groups -OCH3 is 1. The number of ether oxygens (including phenoxy) is 1. The molecule has 2 N–H and O–H groups in total. The van der Waals surface area contributed by atoms with E-state index in [9.17, 15) is 19.8 Å². The maximum absolute atomic E-state index is 13.9. The first kappa shape index (κ1) is 21.2. The van der Waals surface area contributed by atoms with Gasteiger partial charge in [-0.3, -0.25) is 10.1 Å². The average Bonchev–Trinajstić information content (AvgIpc) is 2.79. The number of halogens is 1. The van der Waals surface area contributed by atoms with Crippen LogP contribution in [0.4, 0.5) is 27.4 Å². The molecule has 0 atom stereocenters. The number of nitrogens with one attached hydrogen (secondary N) is 2. The molecular formula is C21H17FN6O3. The van der Waals surface area contributed by atoms with Crippen LogP contribution in [0.2, 0.25) is 0 Å². The smallest absolute Gasteiger partial charge is 0.307 e. The summed E-state index contributed by atoms with van der Waals surface area (Å²) in [5.74, 6) is -0.987. The Morgan fingerprint density at radius 2 is 2.06 bits per heavy atom. The van der Waals surface area contributed by atoms with Crippen LogP contribution in [0.3, 0.4) is 0 Å². The molecular weight excluding hydrogens is 403 g/mol. The summed E-state index contributed by atoms with van der Waals surface area (Å²) in [7, 11) is 3.06. The number of anilines is 3. The molecule has 2 aromatic carbocycles. The summed E-state index contributed by atoms with van der Waals surface area (Å²) >= 11 is 0. The van der Waals surface area contributed by atoms with Crippen molar-refractivity contribution in [3.8, 4) is 11.8 Å². The van der Waals surface area contributed by atoms with Crippen molar-refractivity contribution in [1.29, 1.82) is 5.26 Å². The van der Waals surface area contributed by atoms with Crippen molar-refractivity contribution >= 4 is 28.6 Å². The van der Waals surface area contributed by atoms with Crippen LogP contribution in [0, 0.1) is 27.3 Å². The monoisotopic (exact) mass is 420 g/mol. The fourth-order valence-corrected chi connectivity index (χ4v) is 2.92. The second kappa shape index (κ2) is 8.87. The third-order valence-electron chi connectivity index (χ3n) is 4.43. The predicted octanol–water partition coefficient (Wildman–Crippen LogP) is 4.25. The zero-order valence-corrected chi connectivity index (χ0v) is 16.6. The highest BCUT2D eigenvalue weighted by atomic mass is 19.1. The van der Waals surface area contributed by atoms with Crippen molar-refractivity contribution in [2.45, 2.75) is 0 Å². The number of benzene rings is 2. The van der Waals surface area contributed by atoms with E-state index < -0.39 is 16.4 Å². The van der Waals surface area contributed by atoms with Gasteiger partial charge in [-0.2, -0.15) is 9.65 Å². The Morgan fingerprint density at radius 3 is 2.71 bits per heavy atom. The van der Waals surface area contributed by atoms with Gasteiger partial charge in [0.25, 0.3) is 0 Å². The number of rotatable bonds is 7. The number of hydrogen-bond acceptors (Lipinski definition) is 8. The minimum absolute atomic E-state index is 0.0243. The molecule has 0 aliphatic rings. The lowest BCUT2D eigenvalue weighted by Gasteiger charge is -2.14. The summed E-state index contributed by atoms with van der Waals surface area (Å²) in [6.45, 7) is 4.07. The molecule has 0 saturated carbocycles. The van der Waals surface area contributed by atoms with Crippen LogP contribution >= 0.6 is 0 Å². The van der Waals surface area contributed by atoms with Crippen molar-refractivity contribution in [2.24, 2.45) is 0 Å². The van der Waals surface area contributed by atoms with Gasteiger partial charge in [-0.15, -0.1) is 0 Å². The summed E-state index contributed by atoms with van der Waals surface area (Å²) in [5.41, 5.74) is 1.83. The Kier molecular flexibility index (Phi) is 6.07. The quantitative estimate of drug-likeness (QED) is 0.429. The molecule has 0 radical (unpaired) electrons. The lowest BCUT2D eigenvalue weighted by Crippen LogP contribution is -2.05. The van der Waals surface area contributed by atoms with Crippen molar-refractivity contribution in [2.75, 3.05) is 24.8 Å². The van der Waals surface area contributed by atoms with Crippen molar-refractivity contribution in [3.05, 3.63) is 81.9 Å². The van der Waals surface area contributed by atoms with Crippen LogP contribution in [-0.2, 0) is 0 Å². The van der Waals surface area contributed by atoms with E-state index in [-0.39, 0.29) is 28.6 Å². The first-order chi connectivity index (χ1) is 14.9. The maximum Gasteiger partial charge on any atom is 0.307 e. The van der Waals surface area contributed by atoms with E-state index in [1.165, 1.54) is 13.3 Å². The van der Waals surface area contributed by atoms with Crippen LogP contribution in [0.1, 0.15) is 16.8 Å². The Morgan fingerprint density at radius 1 is 1.32 bits per heavy atom. The van der Waals surface area contributed by atoms with Gasteiger partial charge in [0.05, 0.1) is 35.2 Å². The minimum atomic E-state index is -1.04. The number of para-hydroxylation sites is 1. The van der Waals surface area contributed by atoms with Crippen LogP contribution in [0.15, 0.2) is 49.2 Å². The molecule has 0 saturated heterocycles. The number of aromatic nitrogens is 2. The molecule has 0 amide bonds. The van der Waals surface area contributed by atoms with E-state index >= 15 is 0 Å². The van der Waals surface area contributed by atoms with Crippen molar-refractivity contribution in [1.82, 2.24) is 9.97 Å². The second-order valence-corrected chi connectivity index (χ2v) is 6.23. The highest BCUT2D eigenvalue weighted by Gasteiger charge is 2.20. The third kappa shape index (κ3) is 4.25. The Hall–Kier alpha value is -4.52. The Balaban J connectivity index is 2.06.